The Kier molecular flexibility index (Phi) is 9.87. The van der Waals surface area contributed by atoms with Crippen LogP contribution < -0.4 is 0 Å². The number of aliphatic hydroxyl groups excluding tert-OH is 3. The molecule has 0 saturated carbocycles. The monoisotopic (exact) mass is 302 g/mol. The second-order valence-corrected chi connectivity index (χ2v) is 5.61. The summed E-state index contributed by atoms with van der Waals surface area (Å²) in [6.07, 6.45) is 7.58. The zero-order valence-electron chi connectivity index (χ0n) is 13.0. The zero-order valence-corrected chi connectivity index (χ0v) is 13.0. The second-order valence-electron chi connectivity index (χ2n) is 5.61. The van der Waals surface area contributed by atoms with E-state index in [9.17, 15) is 15.3 Å². The smallest absolute Gasteiger partial charge is 0.114 e. The largest absolute Gasteiger partial charge is 0.388 e. The minimum Gasteiger partial charge on any atom is -0.388 e. The van der Waals surface area contributed by atoms with Crippen LogP contribution in [0.25, 0.3) is 0 Å². The van der Waals surface area contributed by atoms with Crippen molar-refractivity contribution in [2.75, 3.05) is 19.8 Å². The fourth-order valence-corrected chi connectivity index (χ4v) is 2.29. The molecule has 0 amide bonds. The Morgan fingerprint density at radius 3 is 2.52 bits per heavy atom. The summed E-state index contributed by atoms with van der Waals surface area (Å²) in [5.74, 6) is 0. The Morgan fingerprint density at radius 2 is 1.90 bits per heavy atom. The Labute approximate surface area is 127 Å². The number of hydrogen-bond acceptors (Lipinski definition) is 5. The van der Waals surface area contributed by atoms with E-state index in [4.69, 9.17) is 9.47 Å². The first-order valence-corrected chi connectivity index (χ1v) is 8.05. The third kappa shape index (κ3) is 7.38. The number of ether oxygens (including phenoxy) is 2. The van der Waals surface area contributed by atoms with Gasteiger partial charge in [0.25, 0.3) is 0 Å². The van der Waals surface area contributed by atoms with Gasteiger partial charge in [0.15, 0.2) is 0 Å². The fourth-order valence-electron chi connectivity index (χ4n) is 2.29. The molecule has 124 valence electrons. The van der Waals surface area contributed by atoms with Gasteiger partial charge in [-0.15, -0.1) is 0 Å². The summed E-state index contributed by atoms with van der Waals surface area (Å²) in [6.45, 7) is 2.97. The highest BCUT2D eigenvalue weighted by Gasteiger charge is 2.39. The Hall–Kier alpha value is -0.460. The van der Waals surface area contributed by atoms with Crippen LogP contribution >= 0.6 is 0 Å². The molecule has 0 aromatic carbocycles. The maximum atomic E-state index is 9.83. The van der Waals surface area contributed by atoms with Crippen molar-refractivity contribution in [1.29, 1.82) is 0 Å². The van der Waals surface area contributed by atoms with Crippen LogP contribution in [-0.4, -0.2) is 59.6 Å². The molecular weight excluding hydrogens is 272 g/mol. The molecule has 1 heterocycles. The fraction of sp³-hybridized carbons (Fsp3) is 0.875. The lowest BCUT2D eigenvalue weighted by Gasteiger charge is -2.20. The van der Waals surface area contributed by atoms with Crippen LogP contribution in [0.15, 0.2) is 12.2 Å². The molecule has 0 aromatic heterocycles. The molecule has 4 atom stereocenters. The summed E-state index contributed by atoms with van der Waals surface area (Å²) >= 11 is 0. The van der Waals surface area contributed by atoms with E-state index in [1.165, 1.54) is 12.8 Å². The van der Waals surface area contributed by atoms with Gasteiger partial charge >= 0.3 is 0 Å². The highest BCUT2D eigenvalue weighted by molar-refractivity contribution is 4.87. The van der Waals surface area contributed by atoms with Gasteiger partial charge in [0.05, 0.1) is 13.2 Å². The highest BCUT2D eigenvalue weighted by Crippen LogP contribution is 2.17. The molecule has 1 saturated heterocycles. The molecule has 0 aromatic rings. The first kappa shape index (κ1) is 18.6. The lowest BCUT2D eigenvalue weighted by molar-refractivity contribution is -0.0813. The molecule has 0 unspecified atom stereocenters. The maximum absolute atomic E-state index is 9.83. The number of allylic oxidation sites excluding steroid dienone is 2. The van der Waals surface area contributed by atoms with Crippen molar-refractivity contribution < 1.29 is 24.8 Å². The van der Waals surface area contributed by atoms with E-state index in [-0.39, 0.29) is 13.2 Å². The zero-order chi connectivity index (χ0) is 15.5. The standard InChI is InChI=1S/C16H30O5/c1-2-3-4-5-6-7-8-9-10-20-11-14(18)16-15(19)13(17)12-21-16/h5-6,13-19H,2-4,7-12H2,1H3/b6-5+/t13-,14+,15-,16-/m0/s1. The molecule has 5 heteroatoms. The number of hydrogen-bond donors (Lipinski definition) is 3. The van der Waals surface area contributed by atoms with E-state index < -0.39 is 24.4 Å². The van der Waals surface area contributed by atoms with E-state index in [2.05, 4.69) is 19.1 Å². The van der Waals surface area contributed by atoms with Gasteiger partial charge in [-0.2, -0.15) is 0 Å². The highest BCUT2D eigenvalue weighted by atomic mass is 16.5. The molecule has 0 spiro atoms. The summed E-state index contributed by atoms with van der Waals surface area (Å²) < 4.78 is 10.5. The van der Waals surface area contributed by atoms with Crippen molar-refractivity contribution in [2.24, 2.45) is 0 Å². The van der Waals surface area contributed by atoms with Crippen LogP contribution in [-0.2, 0) is 9.47 Å². The molecule has 0 aliphatic carbocycles. The van der Waals surface area contributed by atoms with E-state index in [0.717, 1.165) is 25.7 Å². The first-order chi connectivity index (χ1) is 10.2. The topological polar surface area (TPSA) is 79.2 Å². The number of unbranched alkanes of at least 4 members (excludes halogenated alkanes) is 4. The SMILES string of the molecule is CCCC/C=C/CCCCOC[C@@H](O)[C@@H]1OC[C@H](O)[C@@H]1O. The van der Waals surface area contributed by atoms with Crippen LogP contribution in [0, 0.1) is 0 Å². The van der Waals surface area contributed by atoms with Gasteiger partial charge < -0.3 is 24.8 Å². The molecule has 0 radical (unpaired) electrons. The molecule has 5 nitrogen and oxygen atoms in total. The summed E-state index contributed by atoms with van der Waals surface area (Å²) in [6, 6.07) is 0. The van der Waals surface area contributed by atoms with Crippen LogP contribution in [0.3, 0.4) is 0 Å². The van der Waals surface area contributed by atoms with Gasteiger partial charge in [-0.05, 0) is 25.7 Å². The Bertz CT molecular complexity index is 282. The predicted molar refractivity (Wildman–Crippen MR) is 81.1 cm³/mol. The molecule has 0 bridgehead atoms. The third-order valence-corrected chi connectivity index (χ3v) is 3.66. The summed E-state index contributed by atoms with van der Waals surface area (Å²) in [5, 5.41) is 28.7. The van der Waals surface area contributed by atoms with Crippen LogP contribution in [0.1, 0.15) is 45.4 Å². The average molecular weight is 302 g/mol. The van der Waals surface area contributed by atoms with E-state index in [1.807, 2.05) is 0 Å². The van der Waals surface area contributed by atoms with Crippen LogP contribution in [0.4, 0.5) is 0 Å². The quantitative estimate of drug-likeness (QED) is 0.397. The minimum absolute atomic E-state index is 0.0628. The second kappa shape index (κ2) is 11.2. The van der Waals surface area contributed by atoms with E-state index in [0.29, 0.717) is 6.61 Å². The van der Waals surface area contributed by atoms with E-state index in [1.54, 1.807) is 0 Å². The van der Waals surface area contributed by atoms with Crippen LogP contribution in [0.5, 0.6) is 0 Å². The van der Waals surface area contributed by atoms with Crippen molar-refractivity contribution in [2.45, 2.75) is 69.9 Å². The molecule has 1 fully saturated rings. The van der Waals surface area contributed by atoms with Crippen molar-refractivity contribution in [1.82, 2.24) is 0 Å². The van der Waals surface area contributed by atoms with Gasteiger partial charge in [-0.25, -0.2) is 0 Å². The molecular formula is C16H30O5. The van der Waals surface area contributed by atoms with Crippen molar-refractivity contribution >= 4 is 0 Å². The van der Waals surface area contributed by atoms with E-state index >= 15 is 0 Å². The lowest BCUT2D eigenvalue weighted by Crippen LogP contribution is -2.40. The van der Waals surface area contributed by atoms with Crippen molar-refractivity contribution in [3.63, 3.8) is 0 Å². The third-order valence-electron chi connectivity index (χ3n) is 3.66. The Morgan fingerprint density at radius 1 is 1.19 bits per heavy atom. The minimum atomic E-state index is -1.03. The lowest BCUT2D eigenvalue weighted by atomic mass is 10.1. The molecule has 3 N–H and O–H groups in total. The predicted octanol–water partition coefficient (Wildman–Crippen LogP) is 1.40. The average Bonchev–Trinajstić information content (AvgIpc) is 2.81. The van der Waals surface area contributed by atoms with Crippen molar-refractivity contribution in [3.8, 4) is 0 Å². The van der Waals surface area contributed by atoms with Gasteiger partial charge in [-0.3, -0.25) is 0 Å². The van der Waals surface area contributed by atoms with Gasteiger partial charge in [0.2, 0.25) is 0 Å². The first-order valence-electron chi connectivity index (χ1n) is 8.05. The van der Waals surface area contributed by atoms with Crippen LogP contribution in [0.2, 0.25) is 0 Å². The Balaban J connectivity index is 1.95. The maximum Gasteiger partial charge on any atom is 0.114 e. The summed E-state index contributed by atoms with van der Waals surface area (Å²) in [5.41, 5.74) is 0. The number of rotatable bonds is 11. The molecule has 1 aliphatic heterocycles. The molecule has 21 heavy (non-hydrogen) atoms. The van der Waals surface area contributed by atoms with Gasteiger partial charge in [0.1, 0.15) is 24.4 Å². The number of aliphatic hydroxyl groups is 3. The van der Waals surface area contributed by atoms with Gasteiger partial charge in [0, 0.05) is 6.61 Å². The normalized spacial score (nSPS) is 27.5. The summed E-state index contributed by atoms with van der Waals surface area (Å²) in [4.78, 5) is 0. The van der Waals surface area contributed by atoms with Crippen molar-refractivity contribution in [3.05, 3.63) is 12.2 Å². The molecule has 1 aliphatic rings. The van der Waals surface area contributed by atoms with Gasteiger partial charge in [-0.1, -0.05) is 31.9 Å². The summed E-state index contributed by atoms with van der Waals surface area (Å²) in [7, 11) is 0. The molecule has 1 rings (SSSR count).